The Balaban J connectivity index is 2.17. The smallest absolute Gasteiger partial charge is 0.265 e. The lowest BCUT2D eigenvalue weighted by Gasteiger charge is -2.05. The molecule has 5 N–H and O–H groups in total. The maximum atomic E-state index is 11.9. The molecule has 0 unspecified atom stereocenters. The number of rotatable bonds is 3. The fourth-order valence-corrected chi connectivity index (χ4v) is 2.14. The molecule has 0 fully saturated rings. The van der Waals surface area contributed by atoms with E-state index in [2.05, 4.69) is 5.32 Å². The molecule has 0 atom stereocenters. The molecular weight excluding hydrogens is 250 g/mol. The standard InChI is InChI=1S/C12H11N3O2S/c13-7-3-1-2-4-8(7)15-12(17)10-6-5-9(18-10)11(14)16/h1-6H,13H2,(H2,14,16)(H,15,17). The van der Waals surface area contributed by atoms with Crippen molar-refractivity contribution >= 4 is 34.5 Å². The Hall–Kier alpha value is -2.34. The van der Waals surface area contributed by atoms with Gasteiger partial charge in [-0.05, 0) is 24.3 Å². The molecule has 2 aromatic rings. The zero-order valence-electron chi connectivity index (χ0n) is 9.34. The average Bonchev–Trinajstić information content (AvgIpc) is 2.81. The van der Waals surface area contributed by atoms with Crippen LogP contribution in [-0.2, 0) is 0 Å². The molecule has 0 saturated heterocycles. The number of para-hydroxylation sites is 2. The lowest BCUT2D eigenvalue weighted by atomic mass is 10.2. The molecule has 1 heterocycles. The second kappa shape index (κ2) is 4.89. The lowest BCUT2D eigenvalue weighted by Crippen LogP contribution is -2.11. The summed E-state index contributed by atoms with van der Waals surface area (Å²) in [6.45, 7) is 0. The fraction of sp³-hybridized carbons (Fsp3) is 0. The van der Waals surface area contributed by atoms with Crippen LogP contribution in [0.15, 0.2) is 36.4 Å². The number of carbonyl (C=O) groups is 2. The van der Waals surface area contributed by atoms with Crippen LogP contribution in [0.5, 0.6) is 0 Å². The van der Waals surface area contributed by atoms with E-state index in [-0.39, 0.29) is 5.91 Å². The summed E-state index contributed by atoms with van der Waals surface area (Å²) in [6, 6.07) is 10.0. The number of thiophene rings is 1. The van der Waals surface area contributed by atoms with Crippen LogP contribution in [0.2, 0.25) is 0 Å². The van der Waals surface area contributed by atoms with Crippen molar-refractivity contribution in [1.82, 2.24) is 0 Å². The number of hydrogen-bond donors (Lipinski definition) is 3. The van der Waals surface area contributed by atoms with E-state index in [1.54, 1.807) is 30.3 Å². The van der Waals surface area contributed by atoms with E-state index >= 15 is 0 Å². The Morgan fingerprint density at radius 3 is 2.33 bits per heavy atom. The minimum absolute atomic E-state index is 0.314. The molecule has 0 spiro atoms. The van der Waals surface area contributed by atoms with Gasteiger partial charge in [-0.3, -0.25) is 9.59 Å². The van der Waals surface area contributed by atoms with Crippen molar-refractivity contribution in [3.8, 4) is 0 Å². The maximum absolute atomic E-state index is 11.9. The number of nitrogen functional groups attached to an aromatic ring is 1. The topological polar surface area (TPSA) is 98.2 Å². The van der Waals surface area contributed by atoms with Crippen LogP contribution in [0.3, 0.4) is 0 Å². The maximum Gasteiger partial charge on any atom is 0.265 e. The summed E-state index contributed by atoms with van der Waals surface area (Å²) >= 11 is 1.05. The molecule has 2 rings (SSSR count). The van der Waals surface area contributed by atoms with Crippen molar-refractivity contribution in [1.29, 1.82) is 0 Å². The second-order valence-electron chi connectivity index (χ2n) is 3.57. The summed E-state index contributed by atoms with van der Waals surface area (Å²) in [4.78, 5) is 23.6. The summed E-state index contributed by atoms with van der Waals surface area (Å²) in [7, 11) is 0. The minimum atomic E-state index is -0.543. The van der Waals surface area contributed by atoms with Crippen LogP contribution in [0.25, 0.3) is 0 Å². The van der Waals surface area contributed by atoms with Crippen LogP contribution in [0.1, 0.15) is 19.3 Å². The average molecular weight is 261 g/mol. The van der Waals surface area contributed by atoms with E-state index in [9.17, 15) is 9.59 Å². The highest BCUT2D eigenvalue weighted by atomic mass is 32.1. The van der Waals surface area contributed by atoms with Gasteiger partial charge in [-0.15, -0.1) is 11.3 Å². The summed E-state index contributed by atoms with van der Waals surface area (Å²) < 4.78 is 0. The van der Waals surface area contributed by atoms with Gasteiger partial charge in [-0.25, -0.2) is 0 Å². The van der Waals surface area contributed by atoms with Gasteiger partial charge in [0.2, 0.25) is 0 Å². The van der Waals surface area contributed by atoms with Crippen molar-refractivity contribution in [3.05, 3.63) is 46.2 Å². The number of nitrogens with two attached hydrogens (primary N) is 2. The van der Waals surface area contributed by atoms with E-state index in [4.69, 9.17) is 11.5 Å². The third-order valence-electron chi connectivity index (χ3n) is 2.28. The molecule has 6 heteroatoms. The first-order valence-electron chi connectivity index (χ1n) is 5.13. The van der Waals surface area contributed by atoms with Crippen molar-refractivity contribution in [3.63, 3.8) is 0 Å². The predicted molar refractivity (Wildman–Crippen MR) is 71.6 cm³/mol. The quantitative estimate of drug-likeness (QED) is 0.733. The number of benzene rings is 1. The lowest BCUT2D eigenvalue weighted by molar-refractivity contribution is 0.100. The van der Waals surface area contributed by atoms with Gasteiger partial charge in [0.1, 0.15) is 0 Å². The van der Waals surface area contributed by atoms with E-state index in [0.717, 1.165) is 11.3 Å². The van der Waals surface area contributed by atoms with Crippen molar-refractivity contribution < 1.29 is 9.59 Å². The molecule has 0 aliphatic heterocycles. The molecule has 0 radical (unpaired) electrons. The summed E-state index contributed by atoms with van der Waals surface area (Å²) in [6.07, 6.45) is 0. The number of anilines is 2. The highest BCUT2D eigenvalue weighted by Crippen LogP contribution is 2.21. The van der Waals surface area contributed by atoms with Gasteiger partial charge >= 0.3 is 0 Å². The van der Waals surface area contributed by atoms with Crippen LogP contribution >= 0.6 is 11.3 Å². The molecule has 0 bridgehead atoms. The van der Waals surface area contributed by atoms with Crippen LogP contribution < -0.4 is 16.8 Å². The van der Waals surface area contributed by atoms with Crippen LogP contribution in [-0.4, -0.2) is 11.8 Å². The molecule has 1 aromatic heterocycles. The third kappa shape index (κ3) is 2.49. The molecule has 5 nitrogen and oxygen atoms in total. The van der Waals surface area contributed by atoms with Gasteiger partial charge < -0.3 is 16.8 Å². The first-order valence-corrected chi connectivity index (χ1v) is 5.95. The van der Waals surface area contributed by atoms with Crippen molar-refractivity contribution in [2.24, 2.45) is 5.73 Å². The van der Waals surface area contributed by atoms with Gasteiger partial charge in [0.15, 0.2) is 0 Å². The molecule has 1 aromatic carbocycles. The molecule has 0 saturated carbocycles. The van der Waals surface area contributed by atoms with E-state index in [1.165, 1.54) is 6.07 Å². The first kappa shape index (κ1) is 12.1. The number of nitrogens with one attached hydrogen (secondary N) is 1. The monoisotopic (exact) mass is 261 g/mol. The van der Waals surface area contributed by atoms with Crippen LogP contribution in [0, 0.1) is 0 Å². The second-order valence-corrected chi connectivity index (χ2v) is 4.65. The van der Waals surface area contributed by atoms with Gasteiger partial charge in [0, 0.05) is 0 Å². The van der Waals surface area contributed by atoms with Gasteiger partial charge in [-0.1, -0.05) is 12.1 Å². The first-order chi connectivity index (χ1) is 8.58. The molecule has 92 valence electrons. The Morgan fingerprint density at radius 1 is 1.06 bits per heavy atom. The molecule has 0 aliphatic rings. The Labute approximate surface area is 107 Å². The number of primary amides is 1. The number of hydrogen-bond acceptors (Lipinski definition) is 4. The predicted octanol–water partition coefficient (Wildman–Crippen LogP) is 1.68. The highest BCUT2D eigenvalue weighted by Gasteiger charge is 2.12. The normalized spacial score (nSPS) is 10.0. The molecule has 2 amide bonds. The summed E-state index contributed by atoms with van der Waals surface area (Å²) in [5.74, 6) is -0.858. The van der Waals surface area contributed by atoms with Gasteiger partial charge in [0.05, 0.1) is 21.1 Å². The van der Waals surface area contributed by atoms with E-state index in [0.29, 0.717) is 21.1 Å². The van der Waals surface area contributed by atoms with Crippen molar-refractivity contribution in [2.75, 3.05) is 11.1 Å². The zero-order valence-corrected chi connectivity index (χ0v) is 10.2. The largest absolute Gasteiger partial charge is 0.397 e. The molecule has 18 heavy (non-hydrogen) atoms. The van der Waals surface area contributed by atoms with Crippen LogP contribution in [0.4, 0.5) is 11.4 Å². The molecule has 0 aliphatic carbocycles. The minimum Gasteiger partial charge on any atom is -0.397 e. The summed E-state index contributed by atoms with van der Waals surface area (Å²) in [5.41, 5.74) is 11.9. The molecular formula is C12H11N3O2S. The number of carbonyl (C=O) groups excluding carboxylic acids is 2. The third-order valence-corrected chi connectivity index (χ3v) is 3.38. The van der Waals surface area contributed by atoms with Gasteiger partial charge in [0.25, 0.3) is 11.8 Å². The fourth-order valence-electron chi connectivity index (χ4n) is 1.39. The Kier molecular flexibility index (Phi) is 3.29. The van der Waals surface area contributed by atoms with Gasteiger partial charge in [-0.2, -0.15) is 0 Å². The highest BCUT2D eigenvalue weighted by molar-refractivity contribution is 7.16. The van der Waals surface area contributed by atoms with E-state index in [1.807, 2.05) is 0 Å². The Bertz CT molecular complexity index is 607. The number of amides is 2. The Morgan fingerprint density at radius 2 is 1.72 bits per heavy atom. The van der Waals surface area contributed by atoms with Crippen molar-refractivity contribution in [2.45, 2.75) is 0 Å². The zero-order chi connectivity index (χ0) is 13.1. The summed E-state index contributed by atoms with van der Waals surface area (Å²) in [5, 5.41) is 2.67. The SMILES string of the molecule is NC(=O)c1ccc(C(=O)Nc2ccccc2N)s1. The van der Waals surface area contributed by atoms with E-state index < -0.39 is 5.91 Å².